The number of benzene rings is 2. The highest BCUT2D eigenvalue weighted by molar-refractivity contribution is 14.0. The van der Waals surface area contributed by atoms with Gasteiger partial charge in [-0.1, -0.05) is 30.3 Å². The Bertz CT molecular complexity index is 951. The predicted molar refractivity (Wildman–Crippen MR) is 128 cm³/mol. The summed E-state index contributed by atoms with van der Waals surface area (Å²) in [6.45, 7) is 1.56. The molecule has 0 aliphatic heterocycles. The van der Waals surface area contributed by atoms with Gasteiger partial charge in [0.15, 0.2) is 5.96 Å². The maximum atomic E-state index is 11.5. The van der Waals surface area contributed by atoms with Crippen molar-refractivity contribution in [3.63, 3.8) is 0 Å². The van der Waals surface area contributed by atoms with Crippen molar-refractivity contribution in [2.45, 2.75) is 12.8 Å². The van der Waals surface area contributed by atoms with Crippen molar-refractivity contribution in [1.29, 1.82) is 0 Å². The summed E-state index contributed by atoms with van der Waals surface area (Å²) in [5.41, 5.74) is 4.17. The third-order valence-corrected chi connectivity index (χ3v) is 4.67. The molecule has 0 saturated carbocycles. The molecule has 0 saturated heterocycles. The lowest BCUT2D eigenvalue weighted by atomic mass is 10.1. The smallest absolute Gasteiger partial charge is 0.337 e. The molecule has 3 rings (SSSR count). The standard InChI is InChI=1S/C22H26N4O2.HI/c1-23-22(24-13-11-16-7-9-17(10-8-16)21(27)28-2)25-14-12-18-15-26-20-6-4-3-5-19(18)20;/h3-10,15,26H,11-14H2,1-2H3,(H2,23,24,25);1H. The highest BCUT2D eigenvalue weighted by Gasteiger charge is 2.05. The number of H-pyrrole nitrogens is 1. The molecule has 6 nitrogen and oxygen atoms in total. The number of halogens is 1. The lowest BCUT2D eigenvalue weighted by Crippen LogP contribution is -2.39. The fourth-order valence-electron chi connectivity index (χ4n) is 3.13. The molecule has 29 heavy (non-hydrogen) atoms. The van der Waals surface area contributed by atoms with Crippen LogP contribution in [-0.2, 0) is 17.6 Å². The SMILES string of the molecule is CN=C(NCCc1ccc(C(=O)OC)cc1)NCCc1c[nH]c2ccccc12.I. The number of ether oxygens (including phenoxy) is 1. The van der Waals surface area contributed by atoms with Gasteiger partial charge in [-0.3, -0.25) is 4.99 Å². The first-order chi connectivity index (χ1) is 13.7. The summed E-state index contributed by atoms with van der Waals surface area (Å²) in [6, 6.07) is 15.8. The van der Waals surface area contributed by atoms with Gasteiger partial charge < -0.3 is 20.4 Å². The second-order valence-corrected chi connectivity index (χ2v) is 6.47. The lowest BCUT2D eigenvalue weighted by molar-refractivity contribution is 0.0600. The van der Waals surface area contributed by atoms with Gasteiger partial charge >= 0.3 is 5.97 Å². The molecule has 3 N–H and O–H groups in total. The minimum Gasteiger partial charge on any atom is -0.465 e. The number of methoxy groups -OCH3 is 1. The van der Waals surface area contributed by atoms with Gasteiger partial charge in [0.2, 0.25) is 0 Å². The minimum absolute atomic E-state index is 0. The van der Waals surface area contributed by atoms with Crippen molar-refractivity contribution in [2.24, 2.45) is 4.99 Å². The summed E-state index contributed by atoms with van der Waals surface area (Å²) < 4.78 is 4.71. The van der Waals surface area contributed by atoms with E-state index in [2.05, 4.69) is 45.0 Å². The van der Waals surface area contributed by atoms with E-state index in [1.54, 1.807) is 19.2 Å². The minimum atomic E-state index is -0.315. The molecule has 0 aliphatic rings. The molecule has 0 spiro atoms. The number of nitrogens with one attached hydrogen (secondary N) is 3. The van der Waals surface area contributed by atoms with Crippen LogP contribution < -0.4 is 10.6 Å². The fraction of sp³-hybridized carbons (Fsp3) is 0.273. The van der Waals surface area contributed by atoms with E-state index in [1.807, 2.05) is 18.2 Å². The lowest BCUT2D eigenvalue weighted by Gasteiger charge is -2.12. The molecule has 0 atom stereocenters. The largest absolute Gasteiger partial charge is 0.465 e. The van der Waals surface area contributed by atoms with Gasteiger partial charge in [0.1, 0.15) is 0 Å². The first-order valence-corrected chi connectivity index (χ1v) is 9.38. The number of esters is 1. The average molecular weight is 506 g/mol. The van der Waals surface area contributed by atoms with Crippen LogP contribution in [0.1, 0.15) is 21.5 Å². The molecule has 1 aromatic heterocycles. The molecule has 0 amide bonds. The molecule has 0 unspecified atom stereocenters. The normalized spacial score (nSPS) is 11.0. The number of aromatic nitrogens is 1. The summed E-state index contributed by atoms with van der Waals surface area (Å²) in [5, 5.41) is 7.94. The second kappa shape index (κ2) is 11.5. The Labute approximate surface area is 188 Å². The fourth-order valence-corrected chi connectivity index (χ4v) is 3.13. The molecule has 2 aromatic carbocycles. The summed E-state index contributed by atoms with van der Waals surface area (Å²) in [4.78, 5) is 19.0. The molecular formula is C22H27IN4O2. The van der Waals surface area contributed by atoms with E-state index < -0.39 is 0 Å². The molecule has 1 heterocycles. The third-order valence-electron chi connectivity index (χ3n) is 4.67. The van der Waals surface area contributed by atoms with Crippen molar-refractivity contribution >= 4 is 46.8 Å². The number of para-hydroxylation sites is 1. The number of hydrogen-bond acceptors (Lipinski definition) is 3. The van der Waals surface area contributed by atoms with Crippen LogP contribution >= 0.6 is 24.0 Å². The Kier molecular flexibility index (Phi) is 8.98. The quantitative estimate of drug-likeness (QED) is 0.198. The predicted octanol–water partition coefficient (Wildman–Crippen LogP) is 3.52. The Balaban J connectivity index is 0.00000300. The van der Waals surface area contributed by atoms with Crippen LogP contribution in [0.3, 0.4) is 0 Å². The van der Waals surface area contributed by atoms with E-state index in [4.69, 9.17) is 4.74 Å². The third kappa shape index (κ3) is 6.22. The van der Waals surface area contributed by atoms with Crippen molar-refractivity contribution < 1.29 is 9.53 Å². The number of fused-ring (bicyclic) bond motifs is 1. The van der Waals surface area contributed by atoms with E-state index in [0.717, 1.165) is 37.5 Å². The summed E-state index contributed by atoms with van der Waals surface area (Å²) in [5.74, 6) is 0.468. The number of aromatic amines is 1. The maximum Gasteiger partial charge on any atom is 0.337 e. The van der Waals surface area contributed by atoms with Gasteiger partial charge in [-0.15, -0.1) is 24.0 Å². The molecule has 3 aromatic rings. The summed E-state index contributed by atoms with van der Waals surface area (Å²) >= 11 is 0. The van der Waals surface area contributed by atoms with Crippen LogP contribution in [0, 0.1) is 0 Å². The number of nitrogens with zero attached hydrogens (tertiary/aromatic N) is 1. The van der Waals surface area contributed by atoms with Gasteiger partial charge in [0.25, 0.3) is 0 Å². The Morgan fingerprint density at radius 1 is 1.03 bits per heavy atom. The van der Waals surface area contributed by atoms with Crippen molar-refractivity contribution in [1.82, 2.24) is 15.6 Å². The first-order valence-electron chi connectivity index (χ1n) is 9.38. The molecule has 0 fully saturated rings. The van der Waals surface area contributed by atoms with Crippen molar-refractivity contribution in [2.75, 3.05) is 27.2 Å². The number of guanidine groups is 1. The van der Waals surface area contributed by atoms with Crippen molar-refractivity contribution in [3.8, 4) is 0 Å². The molecule has 0 bridgehead atoms. The van der Waals surface area contributed by atoms with Crippen LogP contribution in [0.5, 0.6) is 0 Å². The molecule has 7 heteroatoms. The molecular weight excluding hydrogens is 479 g/mol. The number of aliphatic imine (C=N–C) groups is 1. The second-order valence-electron chi connectivity index (χ2n) is 6.47. The van der Waals surface area contributed by atoms with Crippen molar-refractivity contribution in [3.05, 3.63) is 71.4 Å². The first kappa shape index (κ1) is 22.7. The highest BCUT2D eigenvalue weighted by atomic mass is 127. The van der Waals surface area contributed by atoms with E-state index in [0.29, 0.717) is 5.56 Å². The van der Waals surface area contributed by atoms with Gasteiger partial charge in [0.05, 0.1) is 12.7 Å². The Morgan fingerprint density at radius 3 is 2.41 bits per heavy atom. The van der Waals surface area contributed by atoms with Crippen LogP contribution in [0.4, 0.5) is 0 Å². The van der Waals surface area contributed by atoms with Crippen LogP contribution in [0.15, 0.2) is 59.7 Å². The monoisotopic (exact) mass is 506 g/mol. The number of rotatable bonds is 7. The number of hydrogen-bond donors (Lipinski definition) is 3. The van der Waals surface area contributed by atoms with Gasteiger partial charge in [-0.05, 0) is 42.2 Å². The zero-order chi connectivity index (χ0) is 19.8. The maximum absolute atomic E-state index is 11.5. The number of carbonyl (C=O) groups is 1. The van der Waals surface area contributed by atoms with Gasteiger partial charge in [-0.25, -0.2) is 4.79 Å². The topological polar surface area (TPSA) is 78.5 Å². The Morgan fingerprint density at radius 2 is 1.72 bits per heavy atom. The van der Waals surface area contributed by atoms with E-state index >= 15 is 0 Å². The van der Waals surface area contributed by atoms with Crippen LogP contribution in [-0.4, -0.2) is 44.2 Å². The zero-order valence-electron chi connectivity index (χ0n) is 16.7. The van der Waals surface area contributed by atoms with E-state index in [-0.39, 0.29) is 29.9 Å². The van der Waals surface area contributed by atoms with Gasteiger partial charge in [-0.2, -0.15) is 0 Å². The molecule has 154 valence electrons. The number of carbonyl (C=O) groups excluding carboxylic acids is 1. The van der Waals surface area contributed by atoms with E-state index in [1.165, 1.54) is 23.6 Å². The van der Waals surface area contributed by atoms with Crippen LogP contribution in [0.2, 0.25) is 0 Å². The van der Waals surface area contributed by atoms with Crippen LogP contribution in [0.25, 0.3) is 10.9 Å². The van der Waals surface area contributed by atoms with E-state index in [9.17, 15) is 4.79 Å². The molecule has 0 radical (unpaired) electrons. The summed E-state index contributed by atoms with van der Waals surface area (Å²) in [7, 11) is 3.16. The highest BCUT2D eigenvalue weighted by Crippen LogP contribution is 2.17. The average Bonchev–Trinajstić information content (AvgIpc) is 3.15. The van der Waals surface area contributed by atoms with Gasteiger partial charge in [0, 0.05) is 37.2 Å². The molecule has 0 aliphatic carbocycles. The Hall–Kier alpha value is -2.55. The summed E-state index contributed by atoms with van der Waals surface area (Å²) in [6.07, 6.45) is 3.82. The zero-order valence-corrected chi connectivity index (χ0v) is 19.0.